The van der Waals surface area contributed by atoms with Gasteiger partial charge in [-0.2, -0.15) is 8.42 Å². The van der Waals surface area contributed by atoms with Crippen molar-refractivity contribution in [1.29, 1.82) is 0 Å². The molecule has 1 aromatic carbocycles. The lowest BCUT2D eigenvalue weighted by Gasteiger charge is -2.28. The fourth-order valence-corrected chi connectivity index (χ4v) is 7.79. The summed E-state index contributed by atoms with van der Waals surface area (Å²) < 4.78 is 35.1. The number of hydrogen-bond acceptors (Lipinski definition) is 9. The first kappa shape index (κ1) is 40.7. The van der Waals surface area contributed by atoms with E-state index >= 15 is 0 Å². The third-order valence-electron chi connectivity index (χ3n) is 9.71. The van der Waals surface area contributed by atoms with Crippen LogP contribution in [0.15, 0.2) is 65.8 Å². The summed E-state index contributed by atoms with van der Waals surface area (Å²) in [6.07, 6.45) is 3.69. The summed E-state index contributed by atoms with van der Waals surface area (Å²) in [6, 6.07) is 14.8. The Balaban J connectivity index is 1.34. The molecule has 54 heavy (non-hydrogen) atoms. The van der Waals surface area contributed by atoms with Crippen LogP contribution in [0, 0.1) is 11.3 Å². The first-order valence-corrected chi connectivity index (χ1v) is 20.0. The van der Waals surface area contributed by atoms with Crippen LogP contribution < -0.4 is 14.8 Å². The molecule has 4 aromatic rings. The van der Waals surface area contributed by atoms with Crippen LogP contribution in [0.4, 0.5) is 10.6 Å². The number of nitrogens with one attached hydrogen (secondary N) is 2. The number of likely N-dealkylation sites (tertiary alicyclic amines) is 1. The van der Waals surface area contributed by atoms with Crippen LogP contribution >= 0.6 is 11.6 Å². The van der Waals surface area contributed by atoms with Gasteiger partial charge in [0.15, 0.2) is 5.03 Å². The van der Waals surface area contributed by atoms with Crippen molar-refractivity contribution in [2.75, 3.05) is 18.5 Å². The summed E-state index contributed by atoms with van der Waals surface area (Å²) >= 11 is 6.41. The molecule has 2 amide bonds. The van der Waals surface area contributed by atoms with E-state index in [9.17, 15) is 23.1 Å². The lowest BCUT2D eigenvalue weighted by Crippen LogP contribution is -2.41. The van der Waals surface area contributed by atoms with Gasteiger partial charge in [0.1, 0.15) is 16.7 Å². The van der Waals surface area contributed by atoms with E-state index < -0.39 is 27.6 Å². The molecule has 4 heterocycles. The van der Waals surface area contributed by atoms with E-state index in [-0.39, 0.29) is 44.4 Å². The van der Waals surface area contributed by atoms with Gasteiger partial charge in [-0.1, -0.05) is 59.2 Å². The number of fused-ring (bicyclic) bond motifs is 1. The highest BCUT2D eigenvalue weighted by atomic mass is 35.5. The van der Waals surface area contributed by atoms with Gasteiger partial charge in [0.25, 0.3) is 15.9 Å². The minimum atomic E-state index is -4.44. The molecule has 0 aliphatic carbocycles. The average Bonchev–Trinajstić information content (AvgIpc) is 3.39. The zero-order valence-corrected chi connectivity index (χ0v) is 33.8. The standard InChI is InChI=1S/C40H51ClN6O6S/c1-38(2,3)17-19-53-28-14-13-26-20-29(35(41)44-31(26)22-28)36(48)46-54(51,52)34-11-9-10-33(45-34)43-30(32-21-27(16-18-42-32)39(4,5)6)15-12-25-23-40(7,8)47(24-25)37(49)50/h9-11,13-14,16,18,20-22,25,30H,12,15,17,19,23-24H2,1-8H3,(H,43,45)(H,46,48)(H,49,50)/t25-,30?/m0/s1. The second-order valence-corrected chi connectivity index (χ2v) is 18.9. The molecule has 1 aliphatic heterocycles. The quantitative estimate of drug-likeness (QED) is 0.119. The van der Waals surface area contributed by atoms with Gasteiger partial charge in [-0.3, -0.25) is 9.78 Å². The summed E-state index contributed by atoms with van der Waals surface area (Å²) in [6.45, 7) is 17.6. The molecule has 0 bridgehead atoms. The first-order chi connectivity index (χ1) is 25.1. The summed E-state index contributed by atoms with van der Waals surface area (Å²) in [5.41, 5.74) is 1.73. The predicted octanol–water partition coefficient (Wildman–Crippen LogP) is 8.62. The molecule has 12 nitrogen and oxygen atoms in total. The van der Waals surface area contributed by atoms with E-state index in [1.54, 1.807) is 36.5 Å². The van der Waals surface area contributed by atoms with Crippen LogP contribution in [0.2, 0.25) is 5.15 Å². The number of carbonyl (C=O) groups is 2. The lowest BCUT2D eigenvalue weighted by atomic mass is 9.86. The third kappa shape index (κ3) is 10.2. The Bertz CT molecular complexity index is 2130. The number of amides is 2. The van der Waals surface area contributed by atoms with Gasteiger partial charge in [-0.25, -0.2) is 19.5 Å². The number of anilines is 1. The van der Waals surface area contributed by atoms with Gasteiger partial charge in [0.2, 0.25) is 0 Å². The maximum atomic E-state index is 13.5. The van der Waals surface area contributed by atoms with Gasteiger partial charge in [0, 0.05) is 29.7 Å². The largest absolute Gasteiger partial charge is 0.493 e. The number of halogens is 1. The smallest absolute Gasteiger partial charge is 0.407 e. The van der Waals surface area contributed by atoms with Crippen LogP contribution in [0.25, 0.3) is 10.9 Å². The number of aromatic nitrogens is 3. The van der Waals surface area contributed by atoms with E-state index in [1.807, 2.05) is 26.0 Å². The Morgan fingerprint density at radius 1 is 1.06 bits per heavy atom. The zero-order valence-electron chi connectivity index (χ0n) is 32.2. The maximum Gasteiger partial charge on any atom is 0.407 e. The van der Waals surface area contributed by atoms with Crippen LogP contribution in [0.1, 0.15) is 109 Å². The number of nitrogens with zero attached hydrogens (tertiary/aromatic N) is 4. The molecular weight excluding hydrogens is 728 g/mol. The number of carboxylic acid groups (broad SMARTS) is 1. The number of benzene rings is 1. The third-order valence-corrected chi connectivity index (χ3v) is 11.2. The molecule has 290 valence electrons. The minimum absolute atomic E-state index is 0.107. The van der Waals surface area contributed by atoms with Crippen LogP contribution in [-0.2, 0) is 15.4 Å². The van der Waals surface area contributed by atoms with Gasteiger partial charge in [-0.05, 0) is 104 Å². The second-order valence-electron chi connectivity index (χ2n) is 16.9. The van der Waals surface area contributed by atoms with Crippen molar-refractivity contribution in [1.82, 2.24) is 24.6 Å². The van der Waals surface area contributed by atoms with E-state index in [0.717, 1.165) is 24.1 Å². The van der Waals surface area contributed by atoms with Crippen LogP contribution in [0.5, 0.6) is 5.75 Å². The first-order valence-electron chi connectivity index (χ1n) is 18.1. The van der Waals surface area contributed by atoms with Crippen molar-refractivity contribution < 1.29 is 27.9 Å². The van der Waals surface area contributed by atoms with Gasteiger partial charge < -0.3 is 20.1 Å². The number of rotatable bonds is 12. The van der Waals surface area contributed by atoms with Crippen LogP contribution in [0.3, 0.4) is 0 Å². The Labute approximate surface area is 323 Å². The molecule has 1 fully saturated rings. The molecule has 14 heteroatoms. The summed E-state index contributed by atoms with van der Waals surface area (Å²) in [5.74, 6) is 0.0624. The highest BCUT2D eigenvalue weighted by Gasteiger charge is 2.41. The topological polar surface area (TPSA) is 164 Å². The highest BCUT2D eigenvalue weighted by molar-refractivity contribution is 7.90. The molecule has 2 atom stereocenters. The Hall–Kier alpha value is -4.49. The number of carbonyl (C=O) groups excluding carboxylic acids is 1. The normalized spacial score (nSPS) is 16.6. The molecule has 0 spiro atoms. The van der Waals surface area contributed by atoms with Crippen molar-refractivity contribution in [2.24, 2.45) is 11.3 Å². The van der Waals surface area contributed by atoms with Crippen molar-refractivity contribution in [2.45, 2.75) is 103 Å². The van der Waals surface area contributed by atoms with Gasteiger partial charge in [0.05, 0.1) is 29.4 Å². The molecular formula is C40H51ClN6O6S. The lowest BCUT2D eigenvalue weighted by molar-refractivity contribution is 0.0980. The van der Waals surface area contributed by atoms with Crippen molar-refractivity contribution in [3.63, 3.8) is 0 Å². The van der Waals surface area contributed by atoms with Crippen LogP contribution in [-0.4, -0.2) is 64.1 Å². The molecule has 3 aromatic heterocycles. The fourth-order valence-electron chi connectivity index (χ4n) is 6.62. The monoisotopic (exact) mass is 778 g/mol. The van der Waals surface area contributed by atoms with E-state index in [0.29, 0.717) is 42.6 Å². The van der Waals surface area contributed by atoms with E-state index in [2.05, 4.69) is 66.5 Å². The molecule has 1 aliphatic rings. The van der Waals surface area contributed by atoms with E-state index in [1.165, 1.54) is 17.0 Å². The summed E-state index contributed by atoms with van der Waals surface area (Å²) in [7, 11) is -4.44. The van der Waals surface area contributed by atoms with Gasteiger partial charge >= 0.3 is 6.09 Å². The number of sulfonamides is 1. The molecule has 5 rings (SSSR count). The fraction of sp³-hybridized carbons (Fsp3) is 0.475. The Kier molecular flexibility index (Phi) is 11.8. The molecule has 1 saturated heterocycles. The Morgan fingerprint density at radius 3 is 2.46 bits per heavy atom. The number of ether oxygens (including phenoxy) is 1. The molecule has 0 saturated carbocycles. The number of pyridine rings is 3. The second kappa shape index (κ2) is 15.7. The Morgan fingerprint density at radius 2 is 1.80 bits per heavy atom. The maximum absolute atomic E-state index is 13.5. The highest BCUT2D eigenvalue weighted by Crippen LogP contribution is 2.37. The molecule has 1 unspecified atom stereocenters. The van der Waals surface area contributed by atoms with Crippen molar-refractivity contribution in [3.8, 4) is 5.75 Å². The SMILES string of the molecule is CC(C)(C)CCOc1ccc2cc(C(=O)NS(=O)(=O)c3cccc(NC(CC[C@@H]4CN(C(=O)O)C(C)(C)C4)c4cc(C(C)(C)C)ccn4)n3)c(Cl)nc2c1. The number of hydrogen-bond donors (Lipinski definition) is 3. The van der Waals surface area contributed by atoms with Gasteiger partial charge in [-0.15, -0.1) is 0 Å². The zero-order chi connectivity index (χ0) is 39.6. The minimum Gasteiger partial charge on any atom is -0.493 e. The summed E-state index contributed by atoms with van der Waals surface area (Å²) in [4.78, 5) is 40.2. The van der Waals surface area contributed by atoms with Crippen molar-refractivity contribution in [3.05, 3.63) is 82.8 Å². The summed E-state index contributed by atoms with van der Waals surface area (Å²) in [5, 5.41) is 13.2. The average molecular weight is 779 g/mol. The molecule has 0 radical (unpaired) electrons. The predicted molar refractivity (Wildman–Crippen MR) is 211 cm³/mol. The van der Waals surface area contributed by atoms with Crippen molar-refractivity contribution >= 4 is 50.3 Å². The van der Waals surface area contributed by atoms with E-state index in [4.69, 9.17) is 16.3 Å². The molecule has 3 N–H and O–H groups in total.